The van der Waals surface area contributed by atoms with Crippen molar-refractivity contribution in [3.63, 3.8) is 0 Å². The van der Waals surface area contributed by atoms with Gasteiger partial charge in [0.25, 0.3) is 0 Å². The molecule has 4 rings (SSSR count). The molecule has 0 aliphatic heterocycles. The molecule has 0 bridgehead atoms. The number of hydrogen-bond donors (Lipinski definition) is 1. The lowest BCUT2D eigenvalue weighted by atomic mass is 10.2. The van der Waals surface area contributed by atoms with E-state index in [1.165, 1.54) is 0 Å². The lowest BCUT2D eigenvalue weighted by Crippen LogP contribution is -2.12. The Morgan fingerprint density at radius 2 is 1.83 bits per heavy atom. The summed E-state index contributed by atoms with van der Waals surface area (Å²) in [6.07, 6.45) is 3.93. The van der Waals surface area contributed by atoms with E-state index in [1.807, 2.05) is 60.7 Å². The monoisotopic (exact) mass is 400 g/mol. The van der Waals surface area contributed by atoms with Crippen LogP contribution in [0.2, 0.25) is 0 Å². The summed E-state index contributed by atoms with van der Waals surface area (Å²) in [7, 11) is 0. The van der Waals surface area contributed by atoms with Crippen LogP contribution in [-0.2, 0) is 17.8 Å². The van der Waals surface area contributed by atoms with Gasteiger partial charge in [-0.15, -0.1) is 0 Å². The van der Waals surface area contributed by atoms with Gasteiger partial charge in [-0.3, -0.25) is 9.78 Å². The Hall–Kier alpha value is -4.00. The number of ether oxygens (including phenoxy) is 1. The highest BCUT2D eigenvalue weighted by atomic mass is 16.5. The number of aromatic nitrogens is 3. The maximum Gasteiger partial charge on any atom is 0.227 e. The zero-order valence-corrected chi connectivity index (χ0v) is 16.2. The average molecular weight is 400 g/mol. The van der Waals surface area contributed by atoms with Gasteiger partial charge in [-0.25, -0.2) is 0 Å². The summed E-state index contributed by atoms with van der Waals surface area (Å²) in [5, 5.41) is 6.78. The van der Waals surface area contributed by atoms with E-state index in [9.17, 15) is 4.79 Å². The fourth-order valence-corrected chi connectivity index (χ4v) is 2.79. The number of carbonyl (C=O) groups excluding carboxylic acids is 1. The second-order valence-corrected chi connectivity index (χ2v) is 6.60. The molecule has 0 aliphatic rings. The van der Waals surface area contributed by atoms with E-state index in [0.29, 0.717) is 30.4 Å². The van der Waals surface area contributed by atoms with Crippen molar-refractivity contribution in [2.24, 2.45) is 0 Å². The highest BCUT2D eigenvalue weighted by Crippen LogP contribution is 2.18. The molecule has 2 heterocycles. The highest BCUT2D eigenvalue weighted by molar-refractivity contribution is 5.90. The molecule has 7 nitrogen and oxygen atoms in total. The number of aryl methyl sites for hydroxylation is 1. The normalized spacial score (nSPS) is 10.5. The quantitative estimate of drug-likeness (QED) is 0.475. The maximum atomic E-state index is 12.2. The Bertz CT molecular complexity index is 1080. The van der Waals surface area contributed by atoms with Crippen molar-refractivity contribution < 1.29 is 14.1 Å². The van der Waals surface area contributed by atoms with Crippen molar-refractivity contribution >= 4 is 11.6 Å². The molecule has 2 aromatic heterocycles. The summed E-state index contributed by atoms with van der Waals surface area (Å²) >= 11 is 0. The first-order valence-corrected chi connectivity index (χ1v) is 9.56. The van der Waals surface area contributed by atoms with Crippen molar-refractivity contribution in [2.75, 3.05) is 5.32 Å². The van der Waals surface area contributed by atoms with Crippen LogP contribution in [0.4, 0.5) is 5.69 Å². The van der Waals surface area contributed by atoms with Crippen molar-refractivity contribution in [3.05, 3.63) is 90.6 Å². The van der Waals surface area contributed by atoms with E-state index in [1.54, 1.807) is 18.5 Å². The van der Waals surface area contributed by atoms with Gasteiger partial charge in [0.2, 0.25) is 17.6 Å². The minimum atomic E-state index is -0.130. The van der Waals surface area contributed by atoms with Crippen LogP contribution in [0.3, 0.4) is 0 Å². The van der Waals surface area contributed by atoms with E-state index in [0.717, 1.165) is 16.9 Å². The molecule has 1 N–H and O–H groups in total. The Morgan fingerprint density at radius 3 is 2.60 bits per heavy atom. The Kier molecular flexibility index (Phi) is 6.10. The van der Waals surface area contributed by atoms with Gasteiger partial charge in [0.1, 0.15) is 12.4 Å². The molecule has 0 radical (unpaired) electrons. The number of benzene rings is 2. The number of rotatable bonds is 8. The molecular weight excluding hydrogens is 380 g/mol. The van der Waals surface area contributed by atoms with E-state index < -0.39 is 0 Å². The first-order chi connectivity index (χ1) is 14.8. The van der Waals surface area contributed by atoms with Crippen LogP contribution < -0.4 is 10.1 Å². The van der Waals surface area contributed by atoms with Crippen LogP contribution in [0.15, 0.2) is 83.6 Å². The number of nitrogens with one attached hydrogen (secondary N) is 1. The van der Waals surface area contributed by atoms with E-state index in [-0.39, 0.29) is 12.3 Å². The summed E-state index contributed by atoms with van der Waals surface area (Å²) < 4.78 is 11.0. The molecule has 4 aromatic rings. The molecule has 2 aromatic carbocycles. The third kappa shape index (κ3) is 5.29. The van der Waals surface area contributed by atoms with Crippen LogP contribution in [0.5, 0.6) is 5.75 Å². The van der Waals surface area contributed by atoms with E-state index in [2.05, 4.69) is 20.4 Å². The summed E-state index contributed by atoms with van der Waals surface area (Å²) in [5.74, 6) is 1.48. The minimum Gasteiger partial charge on any atom is -0.489 e. The summed E-state index contributed by atoms with van der Waals surface area (Å²) in [4.78, 5) is 20.5. The van der Waals surface area contributed by atoms with Crippen molar-refractivity contribution in [1.82, 2.24) is 15.1 Å². The summed E-state index contributed by atoms with van der Waals surface area (Å²) in [6.45, 7) is 0.498. The first kappa shape index (κ1) is 19.3. The van der Waals surface area contributed by atoms with Gasteiger partial charge in [0.15, 0.2) is 0 Å². The lowest BCUT2D eigenvalue weighted by Gasteiger charge is -2.08. The first-order valence-electron chi connectivity index (χ1n) is 9.56. The summed E-state index contributed by atoms with van der Waals surface area (Å²) in [5.41, 5.74) is 2.57. The van der Waals surface area contributed by atoms with Crippen molar-refractivity contribution in [2.45, 2.75) is 19.4 Å². The molecule has 0 unspecified atom stereocenters. The number of pyridine rings is 1. The minimum absolute atomic E-state index is 0.130. The van der Waals surface area contributed by atoms with Gasteiger partial charge < -0.3 is 14.6 Å². The van der Waals surface area contributed by atoms with Crippen LogP contribution in [-0.4, -0.2) is 21.0 Å². The third-order valence-corrected chi connectivity index (χ3v) is 4.34. The SMILES string of the molecule is O=C(CCc1nc(-c2cccnc2)no1)Nc1ccc(OCc2ccccc2)cc1. The molecule has 150 valence electrons. The average Bonchev–Trinajstić information content (AvgIpc) is 3.28. The largest absolute Gasteiger partial charge is 0.489 e. The smallest absolute Gasteiger partial charge is 0.227 e. The molecule has 7 heteroatoms. The van der Waals surface area contributed by atoms with Gasteiger partial charge >= 0.3 is 0 Å². The lowest BCUT2D eigenvalue weighted by molar-refractivity contribution is -0.116. The second kappa shape index (κ2) is 9.47. The second-order valence-electron chi connectivity index (χ2n) is 6.60. The number of amides is 1. The fraction of sp³-hybridized carbons (Fsp3) is 0.130. The zero-order chi connectivity index (χ0) is 20.6. The number of nitrogens with zero attached hydrogens (tertiary/aromatic N) is 3. The predicted octanol–water partition coefficient (Wildman–Crippen LogP) is 4.28. The van der Waals surface area contributed by atoms with Gasteiger partial charge in [0, 0.05) is 36.5 Å². The fourth-order valence-electron chi connectivity index (χ4n) is 2.79. The topological polar surface area (TPSA) is 90.1 Å². The van der Waals surface area contributed by atoms with E-state index in [4.69, 9.17) is 9.26 Å². The van der Waals surface area contributed by atoms with Gasteiger partial charge in [-0.2, -0.15) is 4.98 Å². The molecule has 0 saturated carbocycles. The molecule has 0 saturated heterocycles. The van der Waals surface area contributed by atoms with Crippen molar-refractivity contribution in [3.8, 4) is 17.1 Å². The van der Waals surface area contributed by atoms with Crippen LogP contribution in [0, 0.1) is 0 Å². The molecule has 1 amide bonds. The maximum absolute atomic E-state index is 12.2. The highest BCUT2D eigenvalue weighted by Gasteiger charge is 2.11. The molecule has 0 atom stereocenters. The van der Waals surface area contributed by atoms with Gasteiger partial charge in [-0.1, -0.05) is 35.5 Å². The molecule has 0 aliphatic carbocycles. The molecule has 30 heavy (non-hydrogen) atoms. The Morgan fingerprint density at radius 1 is 1.00 bits per heavy atom. The number of hydrogen-bond acceptors (Lipinski definition) is 6. The van der Waals surface area contributed by atoms with Gasteiger partial charge in [-0.05, 0) is 42.0 Å². The van der Waals surface area contributed by atoms with Crippen LogP contribution in [0.25, 0.3) is 11.4 Å². The Labute approximate surface area is 173 Å². The van der Waals surface area contributed by atoms with Crippen molar-refractivity contribution in [1.29, 1.82) is 0 Å². The standard InChI is InChI=1S/C23H20N4O3/c28-21(12-13-22-26-23(27-30-22)18-7-4-14-24-15-18)25-19-8-10-20(11-9-19)29-16-17-5-2-1-3-6-17/h1-11,14-15H,12-13,16H2,(H,25,28). The third-order valence-electron chi connectivity index (χ3n) is 4.34. The molecule has 0 spiro atoms. The van der Waals surface area contributed by atoms with Gasteiger partial charge in [0.05, 0.1) is 0 Å². The predicted molar refractivity (Wildman–Crippen MR) is 112 cm³/mol. The summed E-state index contributed by atoms with van der Waals surface area (Å²) in [6, 6.07) is 20.9. The van der Waals surface area contributed by atoms with E-state index >= 15 is 0 Å². The van der Waals surface area contributed by atoms with Crippen LogP contribution >= 0.6 is 0 Å². The molecular formula is C23H20N4O3. The Balaban J connectivity index is 1.24. The zero-order valence-electron chi connectivity index (χ0n) is 16.2. The van der Waals surface area contributed by atoms with Crippen LogP contribution in [0.1, 0.15) is 17.9 Å². The molecule has 0 fully saturated rings. The number of carbonyl (C=O) groups is 1. The number of anilines is 1.